The fourth-order valence-electron chi connectivity index (χ4n) is 18.0. The van der Waals surface area contributed by atoms with Crippen LogP contribution in [0.5, 0.6) is 0 Å². The first-order valence-electron chi connectivity index (χ1n) is 44.9. The predicted octanol–water partition coefficient (Wildman–Crippen LogP) is 18.0. The Balaban J connectivity index is 0.000000120. The van der Waals surface area contributed by atoms with Gasteiger partial charge in [-0.05, 0) is 251 Å². The fraction of sp³-hybridized carbons (Fsp3) is 0.277. The van der Waals surface area contributed by atoms with E-state index in [-0.39, 0.29) is 48.4 Å². The van der Waals surface area contributed by atoms with Gasteiger partial charge in [0.25, 0.3) is 0 Å². The second-order valence-corrected chi connectivity index (χ2v) is 39.0. The number of nitrogens with one attached hydrogen (secondary N) is 4. The summed E-state index contributed by atoms with van der Waals surface area (Å²) in [4.78, 5) is 119. The van der Waals surface area contributed by atoms with Gasteiger partial charge in [-0.2, -0.15) is 0 Å². The van der Waals surface area contributed by atoms with Crippen LogP contribution >= 0.6 is 47.0 Å². The number of aliphatic hydroxyl groups excluding tert-OH is 1. The molecule has 1 saturated carbocycles. The van der Waals surface area contributed by atoms with E-state index in [1.54, 1.807) is 81.2 Å². The van der Waals surface area contributed by atoms with E-state index >= 15 is 0 Å². The van der Waals surface area contributed by atoms with E-state index in [2.05, 4.69) is 271 Å². The number of nitrogens with two attached hydrogens (primary N) is 4. The number of aliphatic hydroxyl groups is 1. The van der Waals surface area contributed by atoms with Crippen molar-refractivity contribution in [2.75, 3.05) is 77.3 Å². The topological polar surface area (TPSA) is 404 Å². The summed E-state index contributed by atoms with van der Waals surface area (Å²) in [6.07, 6.45) is 17.3. The minimum absolute atomic E-state index is 0. The lowest BCUT2D eigenvalue weighted by molar-refractivity contribution is 0.284. The summed E-state index contributed by atoms with van der Waals surface area (Å²) >= 11 is 7.11. The van der Waals surface area contributed by atoms with Gasteiger partial charge < -0.3 is 67.6 Å². The van der Waals surface area contributed by atoms with E-state index < -0.39 is 0 Å². The molecule has 8 aromatic carbocycles. The van der Waals surface area contributed by atoms with Gasteiger partial charge in [0.05, 0.1) is 71.7 Å². The molecule has 0 spiro atoms. The summed E-state index contributed by atoms with van der Waals surface area (Å²) < 4.78 is 6.47. The van der Waals surface area contributed by atoms with Crippen LogP contribution in [0.4, 0.5) is 68.8 Å². The van der Waals surface area contributed by atoms with Gasteiger partial charge >= 0.3 is 22.8 Å². The number of aryl methyl sites for hydroxylation is 9. The van der Waals surface area contributed by atoms with Gasteiger partial charge in [0.15, 0.2) is 45.9 Å². The quantitative estimate of drug-likeness (QED) is 0.0320. The molecule has 9 aromatic heterocycles. The van der Waals surface area contributed by atoms with E-state index in [4.69, 9.17) is 28.0 Å². The van der Waals surface area contributed by atoms with Crippen LogP contribution in [0.2, 0.25) is 0 Å². The number of imidazole rings is 4. The van der Waals surface area contributed by atoms with Crippen LogP contribution in [0.25, 0.3) is 44.7 Å². The van der Waals surface area contributed by atoms with Crippen molar-refractivity contribution >= 4 is 160 Å². The molecule has 22 rings (SSSR count). The molecule has 1 fully saturated rings. The van der Waals surface area contributed by atoms with E-state index in [9.17, 15) is 19.2 Å². The molecule has 135 heavy (non-hydrogen) atoms. The molecule has 1 aliphatic carbocycles. The number of H-pyrrole nitrogens is 4. The molecule has 0 amide bonds. The summed E-state index contributed by atoms with van der Waals surface area (Å²) in [7, 11) is 8.40. The first-order chi connectivity index (χ1) is 64.8. The number of anilines is 12. The lowest BCUT2D eigenvalue weighted by Gasteiger charge is -2.30. The third-order valence-electron chi connectivity index (χ3n) is 25.4. The van der Waals surface area contributed by atoms with E-state index in [0.717, 1.165) is 101 Å². The van der Waals surface area contributed by atoms with Gasteiger partial charge in [-0.15, -0.1) is 0 Å². The van der Waals surface area contributed by atoms with Crippen molar-refractivity contribution < 1.29 is 5.11 Å². The second kappa shape index (κ2) is 38.6. The average molecular weight is 1880 g/mol. The number of hydrogen-bond donors (Lipinski definition) is 9. The highest BCUT2D eigenvalue weighted by molar-refractivity contribution is 8.00. The number of aromatic nitrogens is 17. The molecule has 0 bridgehead atoms. The van der Waals surface area contributed by atoms with Crippen LogP contribution in [0, 0.1) is 33.6 Å². The molecule has 4 aliphatic heterocycles. The number of unbranched alkanes of at least 4 members (excludes halogenated alkanes) is 1. The Labute approximate surface area is 796 Å². The van der Waals surface area contributed by atoms with Gasteiger partial charge in [0.2, 0.25) is 0 Å². The largest absolute Gasteiger partial charge is 0.396 e. The highest BCUT2D eigenvalue weighted by atomic mass is 32.2. The summed E-state index contributed by atoms with van der Waals surface area (Å²) in [6, 6.07) is 56.4. The maximum atomic E-state index is 12.7. The Bertz CT molecular complexity index is 7700. The van der Waals surface area contributed by atoms with Crippen LogP contribution in [-0.2, 0) is 58.3 Å². The third-order valence-corrected chi connectivity index (χ3v) is 29.8. The van der Waals surface area contributed by atoms with Crippen molar-refractivity contribution in [1.82, 2.24) is 83.1 Å². The molecular weight excluding hydrogens is 1770 g/mol. The Hall–Kier alpha value is -13.9. The maximum Gasteiger partial charge on any atom is 0.328 e. The number of rotatable bonds is 20. The minimum Gasteiger partial charge on any atom is -0.396 e. The summed E-state index contributed by atoms with van der Waals surface area (Å²) in [6.45, 7) is 11.1. The summed E-state index contributed by atoms with van der Waals surface area (Å²) in [5.74, 6) is 4.23. The number of nitrogens with zero attached hydrogens (tertiary/aromatic N) is 17. The van der Waals surface area contributed by atoms with E-state index in [1.165, 1.54) is 116 Å². The second-order valence-electron chi connectivity index (χ2n) is 34.6. The van der Waals surface area contributed by atoms with Gasteiger partial charge in [0, 0.05) is 86.4 Å². The number of benzene rings is 8. The van der Waals surface area contributed by atoms with Crippen LogP contribution < -0.4 is 65.3 Å². The molecule has 17 aromatic rings. The Morgan fingerprint density at radius 2 is 0.600 bits per heavy atom. The molecule has 13 N–H and O–H groups in total. The molecule has 0 unspecified atom stereocenters. The van der Waals surface area contributed by atoms with Gasteiger partial charge in [-0.3, -0.25) is 23.3 Å². The number of pyridine rings is 1. The van der Waals surface area contributed by atoms with Gasteiger partial charge in [-0.25, -0.2) is 59.0 Å². The van der Waals surface area contributed by atoms with Crippen molar-refractivity contribution in [3.05, 3.63) is 285 Å². The highest BCUT2D eigenvalue weighted by Gasteiger charge is 2.30. The van der Waals surface area contributed by atoms with Crippen LogP contribution in [-0.4, -0.2) is 123 Å². The Kier molecular flexibility index (Phi) is 26.2. The molecule has 5 aliphatic rings. The average Bonchev–Trinajstić information content (AvgIpc) is 1.57. The van der Waals surface area contributed by atoms with Gasteiger partial charge in [0.1, 0.15) is 45.4 Å². The van der Waals surface area contributed by atoms with Crippen molar-refractivity contribution in [2.24, 2.45) is 5.92 Å². The number of hydrogen-bond acceptors (Lipinski definition) is 26. The fourth-order valence-corrected chi connectivity index (χ4v) is 23.1. The molecule has 13 heterocycles. The molecule has 0 saturated heterocycles. The third kappa shape index (κ3) is 18.8. The van der Waals surface area contributed by atoms with Crippen molar-refractivity contribution in [3.63, 3.8) is 0 Å². The van der Waals surface area contributed by atoms with Crippen molar-refractivity contribution in [1.29, 1.82) is 0 Å². The Morgan fingerprint density at radius 1 is 0.341 bits per heavy atom. The zero-order valence-electron chi connectivity index (χ0n) is 75.9. The molecule has 34 heteroatoms. The van der Waals surface area contributed by atoms with E-state index in [0.29, 0.717) is 106 Å². The van der Waals surface area contributed by atoms with Gasteiger partial charge in [-0.1, -0.05) is 129 Å². The normalized spacial score (nSPS) is 13.3. The predicted molar refractivity (Wildman–Crippen MR) is 544 cm³/mol. The summed E-state index contributed by atoms with van der Waals surface area (Å²) in [5, 5.41) is 9.05. The lowest BCUT2D eigenvalue weighted by Crippen LogP contribution is -2.19. The van der Waals surface area contributed by atoms with Crippen LogP contribution in [0.3, 0.4) is 0 Å². The maximum absolute atomic E-state index is 12.7. The highest BCUT2D eigenvalue weighted by Crippen LogP contribution is 2.53. The standard InChI is InChI=1S/C28H27N7OS.C26H28N6OS.C24H26N6O2S.C22H22N6OS.CH4/c1-17-31-26(29)25-27(32-17)35(28(36)33-25)16-20-7-9-22-24(15-20)37-23-14-19(6-8-21(23)34(22)2)5-3-4-18-10-12-30-13-11-18;1-15-28-24(27)23-25(29-15)32(26(33)30-23)14-18-9-11-20-22(13-18)34-21-12-17(7-6-16-4-3-5-16)8-10-19(21)31(20)2;1-14-26-22(25)21-23(27-14)30(24(32)28-21)13-16-7-9-18-20(12-16)33-19-11-15(5-3-4-10-31)6-8-17(19)29(18)2;1-4-13-5-7-15-17(9-13)30-18-10-14(6-8-16(18)27(15)3)11-28-21-19(26-22(28)29)20(23)24-12(2)25-21;/h6-15H,3-5,16H2,1-2H3,(H,33,36)(H2,29,31,32);8-13,16H,3-7,14H2,1-2H3,(H,30,33)(H2,27,28,29);6-9,11-12,31H,3-5,10,13H2,1-2H3,(H,28,32)(H2,25,26,27);5-10H,4,11H2,1-3H3,(H,26,29)(H2,23,24,25);1H4. The first-order valence-corrected chi connectivity index (χ1v) is 48.2. The molecule has 30 nitrogen and oxygen atoms in total. The van der Waals surface area contributed by atoms with Crippen LogP contribution in [0.1, 0.15) is 133 Å². The van der Waals surface area contributed by atoms with Crippen molar-refractivity contribution in [2.45, 2.75) is 184 Å². The molecule has 690 valence electrons. The summed E-state index contributed by atoms with van der Waals surface area (Å²) in [5.41, 5.74) is 47.3. The van der Waals surface area contributed by atoms with E-state index in [1.807, 2.05) is 30.2 Å². The Morgan fingerprint density at radius 3 is 0.881 bits per heavy atom. The first kappa shape index (κ1) is 91.6. The monoisotopic (exact) mass is 1880 g/mol. The number of nitrogen functional groups attached to an aromatic ring is 4. The lowest BCUT2D eigenvalue weighted by atomic mass is 9.81. The zero-order valence-corrected chi connectivity index (χ0v) is 79.2. The number of aromatic amines is 4. The van der Waals surface area contributed by atoms with Crippen LogP contribution in [0.15, 0.2) is 228 Å². The van der Waals surface area contributed by atoms with Crippen molar-refractivity contribution in [3.8, 4) is 0 Å². The number of fused-ring (bicyclic) bond motifs is 12. The zero-order chi connectivity index (χ0) is 93.0. The molecule has 0 atom stereocenters. The molecular formula is C101H107N25O5S4. The smallest absolute Gasteiger partial charge is 0.328 e. The SMILES string of the molecule is C.CCc1ccc2c(c1)Sc1cc(Cn3c(=O)[nH]c4c(N)nc(C)nc43)ccc1N2C.Cc1nc(N)c2[nH]c(=O)n(Cc3ccc4c(c3)Sc3cc(CCC5CCC5)ccc3N4C)c2n1.Cc1nc(N)c2[nH]c(=O)n(Cc3ccc4c(c3)Sc3cc(CCCCO)ccc3N4C)c2n1.Cc1nc(N)c2[nH]c(=O)n(Cc3ccc4c(c3)Sc3cc(CCCc5ccncc5)ccc3N4C)c2n1. The molecule has 0 radical (unpaired) electrons. The minimum atomic E-state index is -0.253.